The number of hydrogen-bond donors (Lipinski definition) is 1. The first-order valence-electron chi connectivity index (χ1n) is 11.2. The lowest BCUT2D eigenvalue weighted by Gasteiger charge is -2.35. The summed E-state index contributed by atoms with van der Waals surface area (Å²) in [6.45, 7) is 2.62. The number of piperazine rings is 1. The summed E-state index contributed by atoms with van der Waals surface area (Å²) >= 11 is 6.00. The Balaban J connectivity index is 1.22. The van der Waals surface area contributed by atoms with Crippen LogP contribution >= 0.6 is 11.6 Å². The maximum absolute atomic E-state index is 13.2. The minimum absolute atomic E-state index is 0.0637. The molecule has 9 nitrogen and oxygen atoms in total. The van der Waals surface area contributed by atoms with Crippen molar-refractivity contribution in [3.8, 4) is 0 Å². The van der Waals surface area contributed by atoms with Gasteiger partial charge in [0.25, 0.3) is 11.6 Å². The van der Waals surface area contributed by atoms with E-state index in [1.54, 1.807) is 23.1 Å². The van der Waals surface area contributed by atoms with Crippen molar-refractivity contribution in [2.45, 2.75) is 25.1 Å². The Kier molecular flexibility index (Phi) is 6.18. The Morgan fingerprint density at radius 1 is 1.17 bits per heavy atom. The van der Waals surface area contributed by atoms with Crippen molar-refractivity contribution >= 4 is 34.6 Å². The number of rotatable bonds is 4. The van der Waals surface area contributed by atoms with Gasteiger partial charge in [0.15, 0.2) is 5.58 Å². The van der Waals surface area contributed by atoms with Crippen LogP contribution in [0.4, 0.5) is 19.2 Å². The second-order valence-corrected chi connectivity index (χ2v) is 9.07. The summed E-state index contributed by atoms with van der Waals surface area (Å²) < 4.78 is 45.3. The van der Waals surface area contributed by atoms with Crippen LogP contribution in [0.5, 0.6) is 0 Å². The highest BCUT2D eigenvalue weighted by Gasteiger charge is 2.37. The Morgan fingerprint density at radius 3 is 2.69 bits per heavy atom. The van der Waals surface area contributed by atoms with Gasteiger partial charge in [0.2, 0.25) is 5.91 Å². The monoisotopic (exact) mass is 510 g/mol. The molecule has 1 unspecified atom stereocenters. The maximum Gasteiger partial charge on any atom is 0.421 e. The molecule has 1 aromatic carbocycles. The summed E-state index contributed by atoms with van der Waals surface area (Å²) in [5, 5.41) is 6.34. The number of anilines is 1. The van der Waals surface area contributed by atoms with E-state index in [2.05, 4.69) is 10.1 Å². The zero-order valence-corrected chi connectivity index (χ0v) is 19.3. The highest BCUT2D eigenvalue weighted by molar-refractivity contribution is 6.31. The van der Waals surface area contributed by atoms with Gasteiger partial charge in [-0.25, -0.2) is 5.10 Å². The number of amides is 1. The molecule has 2 aliphatic heterocycles. The molecule has 2 aliphatic rings. The zero-order valence-electron chi connectivity index (χ0n) is 18.5. The van der Waals surface area contributed by atoms with Crippen molar-refractivity contribution in [2.24, 2.45) is 0 Å². The summed E-state index contributed by atoms with van der Waals surface area (Å²) in [6.07, 6.45) is -3.50. The normalized spacial score (nSPS) is 19.6. The average Bonchev–Trinajstić information content (AvgIpc) is 3.45. The smallest absolute Gasteiger partial charge is 0.421 e. The van der Waals surface area contributed by atoms with Crippen LogP contribution in [0.1, 0.15) is 30.1 Å². The first-order chi connectivity index (χ1) is 16.7. The molecule has 0 aliphatic carbocycles. The molecule has 186 valence electrons. The third kappa shape index (κ3) is 4.85. The number of nitrogens with one attached hydrogen (secondary N) is 1. The summed E-state index contributed by atoms with van der Waals surface area (Å²) in [7, 11) is 0. The van der Waals surface area contributed by atoms with Gasteiger partial charge in [-0.2, -0.15) is 23.3 Å². The van der Waals surface area contributed by atoms with Gasteiger partial charge in [-0.15, -0.1) is 0 Å². The second-order valence-electron chi connectivity index (χ2n) is 8.64. The largest absolute Gasteiger partial charge is 0.423 e. The third-order valence-corrected chi connectivity index (χ3v) is 6.65. The van der Waals surface area contributed by atoms with Crippen LogP contribution in [0, 0.1) is 0 Å². The zero-order chi connectivity index (χ0) is 24.7. The molecule has 1 amide bonds. The third-order valence-electron chi connectivity index (χ3n) is 6.41. The average molecular weight is 511 g/mol. The van der Waals surface area contributed by atoms with E-state index in [0.29, 0.717) is 61.3 Å². The number of carbonyl (C=O) groups excluding carboxylic acids is 1. The Bertz CT molecular complexity index is 1300. The standard InChI is InChI=1S/C22H22ClF3N6O3/c23-13-3-4-15-18(10-13)35-21(27-15)31-8-6-30(7-9-31)19(33)12-32-5-1-2-17(32)16-11-14(22(24,25)26)20(34)29-28-16/h3-4,10-11,17H,1-2,5-9,12H2,(H,29,34). The number of oxazole rings is 1. The van der Waals surface area contributed by atoms with Crippen LogP contribution in [0.15, 0.2) is 33.5 Å². The molecule has 2 aromatic heterocycles. The summed E-state index contributed by atoms with van der Waals surface area (Å²) in [5.41, 5.74) is -1.15. The van der Waals surface area contributed by atoms with E-state index in [0.717, 1.165) is 12.5 Å². The summed E-state index contributed by atoms with van der Waals surface area (Å²) in [5.74, 6) is -0.110. The van der Waals surface area contributed by atoms with Gasteiger partial charge in [-0.05, 0) is 37.6 Å². The molecule has 5 rings (SSSR count). The topological polar surface area (TPSA) is 98.6 Å². The Hall–Kier alpha value is -3.12. The van der Waals surface area contributed by atoms with E-state index >= 15 is 0 Å². The molecule has 13 heteroatoms. The highest BCUT2D eigenvalue weighted by atomic mass is 35.5. The van der Waals surface area contributed by atoms with Crippen molar-refractivity contribution in [3.63, 3.8) is 0 Å². The van der Waals surface area contributed by atoms with E-state index < -0.39 is 23.3 Å². The number of H-pyrrole nitrogens is 1. The number of aromatic nitrogens is 3. The number of likely N-dealkylation sites (tertiary alicyclic amines) is 1. The van der Waals surface area contributed by atoms with Gasteiger partial charge in [-0.1, -0.05) is 11.6 Å². The lowest BCUT2D eigenvalue weighted by Crippen LogP contribution is -2.51. The number of benzene rings is 1. The lowest BCUT2D eigenvalue weighted by atomic mass is 10.1. The molecule has 2 fully saturated rings. The number of hydrogen-bond acceptors (Lipinski definition) is 7. The molecule has 1 atom stereocenters. The predicted octanol–water partition coefficient (Wildman–Crippen LogP) is 3.07. The fourth-order valence-electron chi connectivity index (χ4n) is 4.60. The van der Waals surface area contributed by atoms with Gasteiger partial charge in [0, 0.05) is 37.3 Å². The minimum Gasteiger partial charge on any atom is -0.423 e. The van der Waals surface area contributed by atoms with Crippen LogP contribution < -0.4 is 10.5 Å². The van der Waals surface area contributed by atoms with Crippen LogP contribution in [0.3, 0.4) is 0 Å². The molecule has 4 heterocycles. The van der Waals surface area contributed by atoms with Crippen molar-refractivity contribution in [1.29, 1.82) is 0 Å². The summed E-state index contributed by atoms with van der Waals surface area (Å²) in [4.78, 5) is 34.5. The quantitative estimate of drug-likeness (QED) is 0.576. The highest BCUT2D eigenvalue weighted by Crippen LogP contribution is 2.33. The van der Waals surface area contributed by atoms with E-state index in [-0.39, 0.29) is 18.1 Å². The fourth-order valence-corrected chi connectivity index (χ4v) is 4.76. The summed E-state index contributed by atoms with van der Waals surface area (Å²) in [6, 6.07) is 6.02. The number of halogens is 4. The van der Waals surface area contributed by atoms with Gasteiger partial charge < -0.3 is 14.2 Å². The first kappa shape index (κ1) is 23.6. The molecular formula is C22H22ClF3N6O3. The van der Waals surface area contributed by atoms with Crippen LogP contribution in [0.25, 0.3) is 11.1 Å². The second kappa shape index (κ2) is 9.15. The van der Waals surface area contributed by atoms with E-state index in [9.17, 15) is 22.8 Å². The number of alkyl halides is 3. The van der Waals surface area contributed by atoms with Crippen LogP contribution in [0.2, 0.25) is 5.02 Å². The molecule has 1 N–H and O–H groups in total. The number of fused-ring (bicyclic) bond motifs is 1. The lowest BCUT2D eigenvalue weighted by molar-refractivity contribution is -0.139. The van der Waals surface area contributed by atoms with Gasteiger partial charge in [-0.3, -0.25) is 14.5 Å². The fraction of sp³-hybridized carbons (Fsp3) is 0.455. The minimum atomic E-state index is -4.77. The van der Waals surface area contributed by atoms with Crippen molar-refractivity contribution in [2.75, 3.05) is 44.2 Å². The number of carbonyl (C=O) groups is 1. The molecule has 0 saturated carbocycles. The molecule has 0 bridgehead atoms. The van der Waals surface area contributed by atoms with Gasteiger partial charge in [0.1, 0.15) is 11.1 Å². The SMILES string of the molecule is O=C(CN1CCCC1c1cc(C(F)(F)F)c(=O)[nH]n1)N1CCN(c2nc3ccc(Cl)cc3o2)CC1. The predicted molar refractivity (Wildman–Crippen MR) is 121 cm³/mol. The molecule has 0 spiro atoms. The first-order valence-corrected chi connectivity index (χ1v) is 11.6. The Labute approximate surface area is 202 Å². The van der Waals surface area contributed by atoms with E-state index in [4.69, 9.17) is 16.0 Å². The van der Waals surface area contributed by atoms with Crippen LogP contribution in [-0.4, -0.2) is 70.2 Å². The van der Waals surface area contributed by atoms with Gasteiger partial charge in [0.05, 0.1) is 18.3 Å². The Morgan fingerprint density at radius 2 is 1.94 bits per heavy atom. The van der Waals surface area contributed by atoms with Gasteiger partial charge >= 0.3 is 6.18 Å². The van der Waals surface area contributed by atoms with Crippen LogP contribution in [-0.2, 0) is 11.0 Å². The van der Waals surface area contributed by atoms with Crippen molar-refractivity contribution < 1.29 is 22.4 Å². The van der Waals surface area contributed by atoms with E-state index in [1.165, 1.54) is 0 Å². The van der Waals surface area contributed by atoms with Crippen molar-refractivity contribution in [3.05, 3.63) is 50.9 Å². The molecule has 2 saturated heterocycles. The number of nitrogens with zero attached hydrogens (tertiary/aromatic N) is 5. The van der Waals surface area contributed by atoms with Crippen molar-refractivity contribution in [1.82, 2.24) is 25.0 Å². The molecule has 3 aromatic rings. The molecule has 35 heavy (non-hydrogen) atoms. The molecular weight excluding hydrogens is 489 g/mol. The maximum atomic E-state index is 13.2. The van der Waals surface area contributed by atoms with E-state index in [1.807, 2.05) is 14.9 Å². The number of aromatic amines is 1. The molecule has 0 radical (unpaired) electrons.